The van der Waals surface area contributed by atoms with Crippen LogP contribution in [-0.4, -0.2) is 38.3 Å². The number of hydrogen-bond acceptors (Lipinski definition) is 5. The Kier molecular flexibility index (Phi) is 6.43. The van der Waals surface area contributed by atoms with Gasteiger partial charge in [0.05, 0.1) is 32.6 Å². The number of anilines is 1. The number of rotatable bonds is 8. The van der Waals surface area contributed by atoms with Crippen LogP contribution in [0.25, 0.3) is 0 Å². The van der Waals surface area contributed by atoms with Gasteiger partial charge in [-0.25, -0.2) is 4.79 Å². The number of aromatic carboxylic acids is 1. The number of carbonyl (C=O) groups excluding carboxylic acids is 1. The van der Waals surface area contributed by atoms with Crippen molar-refractivity contribution in [2.75, 3.05) is 26.6 Å². The van der Waals surface area contributed by atoms with Crippen molar-refractivity contribution in [3.8, 4) is 17.2 Å². The summed E-state index contributed by atoms with van der Waals surface area (Å²) in [6.07, 6.45) is 0.676. The Bertz CT molecular complexity index is 803. The first-order chi connectivity index (χ1) is 12.5. The van der Waals surface area contributed by atoms with Crippen molar-refractivity contribution in [1.82, 2.24) is 0 Å². The molecule has 138 valence electrons. The third-order valence-corrected chi connectivity index (χ3v) is 3.83. The van der Waals surface area contributed by atoms with Crippen LogP contribution in [0.3, 0.4) is 0 Å². The summed E-state index contributed by atoms with van der Waals surface area (Å²) < 4.78 is 15.7. The molecule has 1 amide bonds. The Hall–Kier alpha value is -3.22. The Morgan fingerprint density at radius 1 is 0.962 bits per heavy atom. The van der Waals surface area contributed by atoms with Gasteiger partial charge < -0.3 is 24.6 Å². The largest absolute Gasteiger partial charge is 0.497 e. The summed E-state index contributed by atoms with van der Waals surface area (Å²) in [6, 6.07) is 9.69. The number of carboxylic acids is 1. The number of aryl methyl sites for hydroxylation is 1. The number of hydrogen-bond donors (Lipinski definition) is 2. The molecule has 0 fully saturated rings. The molecule has 0 atom stereocenters. The predicted molar refractivity (Wildman–Crippen MR) is 96.5 cm³/mol. The molecule has 7 nitrogen and oxygen atoms in total. The molecule has 0 bridgehead atoms. The van der Waals surface area contributed by atoms with Gasteiger partial charge >= 0.3 is 5.97 Å². The lowest BCUT2D eigenvalue weighted by atomic mass is 10.1. The summed E-state index contributed by atoms with van der Waals surface area (Å²) in [5, 5.41) is 11.7. The van der Waals surface area contributed by atoms with Gasteiger partial charge in [0.2, 0.25) is 5.91 Å². The summed E-state index contributed by atoms with van der Waals surface area (Å²) in [6.45, 7) is 0. The zero-order valence-corrected chi connectivity index (χ0v) is 14.9. The fourth-order valence-electron chi connectivity index (χ4n) is 2.47. The van der Waals surface area contributed by atoms with Crippen molar-refractivity contribution in [3.05, 3.63) is 47.5 Å². The van der Waals surface area contributed by atoms with E-state index in [0.29, 0.717) is 23.6 Å². The van der Waals surface area contributed by atoms with Gasteiger partial charge in [-0.3, -0.25) is 4.79 Å². The van der Waals surface area contributed by atoms with E-state index < -0.39 is 5.97 Å². The summed E-state index contributed by atoms with van der Waals surface area (Å²) >= 11 is 0. The lowest BCUT2D eigenvalue weighted by molar-refractivity contribution is -0.116. The average molecular weight is 359 g/mol. The minimum Gasteiger partial charge on any atom is -0.497 e. The molecule has 0 aliphatic heterocycles. The molecule has 0 saturated carbocycles. The van der Waals surface area contributed by atoms with Gasteiger partial charge in [-0.15, -0.1) is 0 Å². The quantitative estimate of drug-likeness (QED) is 0.752. The maximum absolute atomic E-state index is 12.3. The topological polar surface area (TPSA) is 94.1 Å². The molecule has 0 aromatic heterocycles. The molecule has 2 N–H and O–H groups in total. The van der Waals surface area contributed by atoms with Crippen LogP contribution in [0.15, 0.2) is 36.4 Å². The van der Waals surface area contributed by atoms with E-state index in [9.17, 15) is 9.59 Å². The second-order valence-electron chi connectivity index (χ2n) is 5.45. The lowest BCUT2D eigenvalue weighted by Crippen LogP contribution is -2.13. The predicted octanol–water partition coefficient (Wildman–Crippen LogP) is 2.98. The van der Waals surface area contributed by atoms with E-state index >= 15 is 0 Å². The van der Waals surface area contributed by atoms with Crippen LogP contribution in [0.2, 0.25) is 0 Å². The van der Waals surface area contributed by atoms with E-state index in [0.717, 1.165) is 5.56 Å². The molecular weight excluding hydrogens is 338 g/mol. The highest BCUT2D eigenvalue weighted by molar-refractivity contribution is 5.94. The van der Waals surface area contributed by atoms with E-state index in [1.165, 1.54) is 25.3 Å². The first-order valence-corrected chi connectivity index (χ1v) is 7.90. The number of benzene rings is 2. The van der Waals surface area contributed by atoms with Gasteiger partial charge in [-0.05, 0) is 48.4 Å². The van der Waals surface area contributed by atoms with E-state index in [1.807, 2.05) is 6.07 Å². The van der Waals surface area contributed by atoms with Crippen LogP contribution in [0.4, 0.5) is 5.69 Å². The van der Waals surface area contributed by atoms with Gasteiger partial charge in [0.25, 0.3) is 0 Å². The highest BCUT2D eigenvalue weighted by atomic mass is 16.5. The van der Waals surface area contributed by atoms with Crippen molar-refractivity contribution >= 4 is 17.6 Å². The van der Waals surface area contributed by atoms with Crippen LogP contribution in [0, 0.1) is 0 Å². The standard InChI is InChI=1S/C19H21NO6/c1-24-14-6-8-16(25-2)12(10-14)5-9-18(21)20-15-7-4-13(19(22)23)11-17(15)26-3/h4,6-8,10-11H,5,9H2,1-3H3,(H,20,21)(H,22,23). The van der Waals surface area contributed by atoms with Gasteiger partial charge in [-0.2, -0.15) is 0 Å². The van der Waals surface area contributed by atoms with Gasteiger partial charge in [0, 0.05) is 6.42 Å². The summed E-state index contributed by atoms with van der Waals surface area (Å²) in [7, 11) is 4.56. The maximum Gasteiger partial charge on any atom is 0.335 e. The first-order valence-electron chi connectivity index (χ1n) is 7.90. The third-order valence-electron chi connectivity index (χ3n) is 3.83. The average Bonchev–Trinajstić information content (AvgIpc) is 2.66. The first kappa shape index (κ1) is 19.1. The molecule has 0 saturated heterocycles. The summed E-state index contributed by atoms with van der Waals surface area (Å²) in [4.78, 5) is 23.3. The summed E-state index contributed by atoms with van der Waals surface area (Å²) in [5.74, 6) is 0.369. The minimum atomic E-state index is -1.06. The fourth-order valence-corrected chi connectivity index (χ4v) is 2.47. The Morgan fingerprint density at radius 3 is 2.31 bits per heavy atom. The van der Waals surface area contributed by atoms with Crippen molar-refractivity contribution < 1.29 is 28.9 Å². The molecule has 26 heavy (non-hydrogen) atoms. The SMILES string of the molecule is COc1ccc(OC)c(CCC(=O)Nc2ccc(C(=O)O)cc2OC)c1. The molecule has 2 aromatic carbocycles. The molecule has 0 spiro atoms. The van der Waals surface area contributed by atoms with E-state index in [1.54, 1.807) is 26.4 Å². The molecule has 0 unspecified atom stereocenters. The smallest absolute Gasteiger partial charge is 0.335 e. The number of methoxy groups -OCH3 is 3. The van der Waals surface area contributed by atoms with Crippen LogP contribution in [-0.2, 0) is 11.2 Å². The number of carboxylic acid groups (broad SMARTS) is 1. The molecule has 0 aliphatic carbocycles. The number of nitrogens with one attached hydrogen (secondary N) is 1. The second kappa shape index (κ2) is 8.75. The van der Waals surface area contributed by atoms with Crippen LogP contribution >= 0.6 is 0 Å². The van der Waals surface area contributed by atoms with Gasteiger partial charge in [0.15, 0.2) is 0 Å². The molecule has 0 heterocycles. The van der Waals surface area contributed by atoms with E-state index in [2.05, 4.69) is 5.32 Å². The Balaban J connectivity index is 2.07. The van der Waals surface area contributed by atoms with Crippen LogP contribution in [0.5, 0.6) is 17.2 Å². The van der Waals surface area contributed by atoms with E-state index in [4.69, 9.17) is 19.3 Å². The van der Waals surface area contributed by atoms with Crippen molar-refractivity contribution in [2.24, 2.45) is 0 Å². The van der Waals surface area contributed by atoms with Crippen molar-refractivity contribution in [3.63, 3.8) is 0 Å². The van der Waals surface area contributed by atoms with Crippen molar-refractivity contribution in [1.29, 1.82) is 0 Å². The number of ether oxygens (including phenoxy) is 3. The van der Waals surface area contributed by atoms with Crippen molar-refractivity contribution in [2.45, 2.75) is 12.8 Å². The fraction of sp³-hybridized carbons (Fsp3) is 0.263. The lowest BCUT2D eigenvalue weighted by Gasteiger charge is -2.12. The highest BCUT2D eigenvalue weighted by Crippen LogP contribution is 2.27. The highest BCUT2D eigenvalue weighted by Gasteiger charge is 2.13. The van der Waals surface area contributed by atoms with E-state index in [-0.39, 0.29) is 23.6 Å². The maximum atomic E-state index is 12.3. The second-order valence-corrected chi connectivity index (χ2v) is 5.45. The normalized spacial score (nSPS) is 10.1. The zero-order valence-electron chi connectivity index (χ0n) is 14.9. The molecule has 7 heteroatoms. The molecular formula is C19H21NO6. The molecule has 0 radical (unpaired) electrons. The summed E-state index contributed by atoms with van der Waals surface area (Å²) in [5.41, 5.74) is 1.36. The molecule has 2 rings (SSSR count). The Labute approximate surface area is 151 Å². The zero-order chi connectivity index (χ0) is 19.1. The third kappa shape index (κ3) is 4.66. The van der Waals surface area contributed by atoms with Crippen LogP contribution < -0.4 is 19.5 Å². The number of amides is 1. The molecule has 0 aliphatic rings. The molecule has 2 aromatic rings. The monoisotopic (exact) mass is 359 g/mol. The number of carbonyl (C=O) groups is 2. The Morgan fingerprint density at radius 2 is 1.69 bits per heavy atom. The van der Waals surface area contributed by atoms with Gasteiger partial charge in [0.1, 0.15) is 17.2 Å². The van der Waals surface area contributed by atoms with Crippen LogP contribution in [0.1, 0.15) is 22.3 Å². The minimum absolute atomic E-state index is 0.0842. The van der Waals surface area contributed by atoms with Gasteiger partial charge in [-0.1, -0.05) is 0 Å².